The maximum atomic E-state index is 13.2. The zero-order valence-electron chi connectivity index (χ0n) is 19.4. The summed E-state index contributed by atoms with van der Waals surface area (Å²) in [6.45, 7) is 3.54. The predicted molar refractivity (Wildman–Crippen MR) is 130 cm³/mol. The Hall–Kier alpha value is -3.77. The number of aliphatic carboxylic acids is 1. The fourth-order valence-electron chi connectivity index (χ4n) is 4.42. The van der Waals surface area contributed by atoms with E-state index < -0.39 is 58.0 Å². The molecule has 11 nitrogen and oxygen atoms in total. The molecule has 5 atom stereocenters. The Labute approximate surface area is 210 Å². The molecule has 12 heteroatoms. The number of phenols is 2. The van der Waals surface area contributed by atoms with Crippen LogP contribution in [0.1, 0.15) is 37.1 Å². The highest BCUT2D eigenvalue weighted by atomic mass is 32.2. The Morgan fingerprint density at radius 1 is 1.00 bits per heavy atom. The van der Waals surface area contributed by atoms with Crippen LogP contribution in [0, 0.1) is 0 Å². The lowest BCUT2D eigenvalue weighted by molar-refractivity contribution is -0.156. The average molecular weight is 515 g/mol. The molecule has 0 aromatic heterocycles. The van der Waals surface area contributed by atoms with Crippen molar-refractivity contribution in [1.82, 2.24) is 15.5 Å². The molecule has 0 aliphatic carbocycles. The molecule has 4 rings (SSSR count). The van der Waals surface area contributed by atoms with E-state index in [1.165, 1.54) is 65.2 Å². The largest absolute Gasteiger partial charge is 0.508 e. The monoisotopic (exact) mass is 514 g/mol. The topological polar surface area (TPSA) is 182 Å². The molecule has 0 unspecified atom stereocenters. The van der Waals surface area contributed by atoms with Gasteiger partial charge in [-0.1, -0.05) is 24.3 Å². The second kappa shape index (κ2) is 9.36. The standard InChI is InChI=1S/C24H26N4O7S/c1-24(2)18(20(32)26-16(23(34)35)12-5-9-14(30)10-6-12)28-21(33)17(22(28)36-24)27-19(31)15(25)11-3-7-13(29)8-4-11/h3-10,15-18,22,29-30H,25H2,1-2H3,(H,26,32)(H,27,31)(H,34,35)/t15-,16-,17-,18+,22-/m1/s1. The lowest BCUT2D eigenvalue weighted by Crippen LogP contribution is -2.71. The molecule has 2 aromatic rings. The lowest BCUT2D eigenvalue weighted by atomic mass is 9.94. The number of thioether (sulfide) groups is 1. The molecule has 190 valence electrons. The second-order valence-electron chi connectivity index (χ2n) is 9.19. The van der Waals surface area contributed by atoms with Gasteiger partial charge in [0.15, 0.2) is 6.04 Å². The number of phenolic OH excluding ortho intramolecular Hbond substituents is 2. The number of carbonyl (C=O) groups is 4. The molecule has 2 aliphatic rings. The fraction of sp³-hybridized carbons (Fsp3) is 0.333. The zero-order valence-corrected chi connectivity index (χ0v) is 20.2. The molecule has 2 aromatic carbocycles. The molecule has 0 bridgehead atoms. The molecule has 0 radical (unpaired) electrons. The van der Waals surface area contributed by atoms with Crippen LogP contribution < -0.4 is 16.4 Å². The van der Waals surface area contributed by atoms with Gasteiger partial charge in [0.2, 0.25) is 17.7 Å². The minimum Gasteiger partial charge on any atom is -0.508 e. The number of carboxylic acids is 1. The third-order valence-electron chi connectivity index (χ3n) is 6.28. The third kappa shape index (κ3) is 4.56. The number of benzene rings is 2. The van der Waals surface area contributed by atoms with E-state index in [1.807, 2.05) is 0 Å². The number of β-lactam (4-membered cyclic amide) rings is 1. The van der Waals surface area contributed by atoms with Gasteiger partial charge >= 0.3 is 5.97 Å². The van der Waals surface area contributed by atoms with Gasteiger partial charge in [0, 0.05) is 4.75 Å². The number of hydrogen-bond acceptors (Lipinski definition) is 8. The lowest BCUT2D eigenvalue weighted by Gasteiger charge is -2.44. The number of hydrogen-bond donors (Lipinski definition) is 6. The molecule has 36 heavy (non-hydrogen) atoms. The smallest absolute Gasteiger partial charge is 0.330 e. The van der Waals surface area contributed by atoms with E-state index in [9.17, 15) is 34.5 Å². The SMILES string of the molecule is CC1(C)S[C@@H]2[C@H](NC(=O)[C@H](N)c3ccc(O)cc3)C(=O)N2[C@H]1C(=O)N[C@@H](C(=O)O)c1ccc(O)cc1. The molecule has 0 spiro atoms. The molecule has 2 aliphatic heterocycles. The maximum absolute atomic E-state index is 13.2. The van der Waals surface area contributed by atoms with Crippen molar-refractivity contribution < 1.29 is 34.5 Å². The van der Waals surface area contributed by atoms with Crippen LogP contribution in [-0.2, 0) is 19.2 Å². The first-order valence-electron chi connectivity index (χ1n) is 11.1. The Morgan fingerprint density at radius 3 is 2.06 bits per heavy atom. The molecule has 3 amide bonds. The molecular weight excluding hydrogens is 488 g/mol. The van der Waals surface area contributed by atoms with Gasteiger partial charge in [-0.05, 0) is 49.2 Å². The number of fused-ring (bicyclic) bond motifs is 1. The van der Waals surface area contributed by atoms with Gasteiger partial charge in [-0.15, -0.1) is 11.8 Å². The Bertz CT molecular complexity index is 1200. The highest BCUT2D eigenvalue weighted by Gasteiger charge is 2.64. The first-order valence-corrected chi connectivity index (χ1v) is 12.0. The van der Waals surface area contributed by atoms with Gasteiger partial charge in [-0.2, -0.15) is 0 Å². The van der Waals surface area contributed by atoms with Gasteiger partial charge in [0.1, 0.15) is 35.0 Å². The number of carboxylic acid groups (broad SMARTS) is 1. The van der Waals surface area contributed by atoms with Crippen molar-refractivity contribution in [1.29, 1.82) is 0 Å². The van der Waals surface area contributed by atoms with Crippen LogP contribution in [0.15, 0.2) is 48.5 Å². The van der Waals surface area contributed by atoms with Gasteiger partial charge in [-0.25, -0.2) is 4.79 Å². The van der Waals surface area contributed by atoms with Crippen LogP contribution in [0.25, 0.3) is 0 Å². The average Bonchev–Trinajstić information content (AvgIpc) is 3.09. The van der Waals surface area contributed by atoms with Crippen molar-refractivity contribution in [2.24, 2.45) is 5.73 Å². The molecule has 2 fully saturated rings. The van der Waals surface area contributed by atoms with Crippen molar-refractivity contribution in [3.8, 4) is 11.5 Å². The van der Waals surface area contributed by atoms with E-state index in [-0.39, 0.29) is 17.1 Å². The number of amides is 3. The normalized spacial score (nSPS) is 23.7. The van der Waals surface area contributed by atoms with Crippen LogP contribution in [0.3, 0.4) is 0 Å². The van der Waals surface area contributed by atoms with Crippen molar-refractivity contribution in [2.75, 3.05) is 0 Å². The van der Waals surface area contributed by atoms with E-state index in [0.717, 1.165) is 0 Å². The molecule has 2 heterocycles. The summed E-state index contributed by atoms with van der Waals surface area (Å²) in [7, 11) is 0. The van der Waals surface area contributed by atoms with Gasteiger partial charge < -0.3 is 36.6 Å². The van der Waals surface area contributed by atoms with Crippen molar-refractivity contribution >= 4 is 35.5 Å². The summed E-state index contributed by atoms with van der Waals surface area (Å²) in [5.41, 5.74) is 6.73. The van der Waals surface area contributed by atoms with Crippen molar-refractivity contribution in [3.63, 3.8) is 0 Å². The minimum absolute atomic E-state index is 0.0284. The Balaban J connectivity index is 1.47. The third-order valence-corrected chi connectivity index (χ3v) is 7.85. The molecule has 0 saturated carbocycles. The van der Waals surface area contributed by atoms with Crippen LogP contribution in [0.5, 0.6) is 11.5 Å². The first kappa shape index (κ1) is 25.3. The van der Waals surface area contributed by atoms with E-state index in [2.05, 4.69) is 10.6 Å². The summed E-state index contributed by atoms with van der Waals surface area (Å²) >= 11 is 1.33. The number of nitrogens with zero attached hydrogens (tertiary/aromatic N) is 1. The van der Waals surface area contributed by atoms with Crippen molar-refractivity contribution in [2.45, 2.75) is 48.1 Å². The summed E-state index contributed by atoms with van der Waals surface area (Å²) in [5, 5.41) is 33.2. The summed E-state index contributed by atoms with van der Waals surface area (Å²) in [6, 6.07) is 6.93. The number of carbonyl (C=O) groups excluding carboxylic acids is 3. The number of nitrogens with two attached hydrogens (primary N) is 1. The molecule has 2 saturated heterocycles. The van der Waals surface area contributed by atoms with Gasteiger partial charge in [0.25, 0.3) is 0 Å². The van der Waals surface area contributed by atoms with Crippen molar-refractivity contribution in [3.05, 3.63) is 59.7 Å². The zero-order chi connectivity index (χ0) is 26.4. The summed E-state index contributed by atoms with van der Waals surface area (Å²) in [5.74, 6) is -3.01. The number of rotatable bonds is 7. The number of nitrogens with one attached hydrogen (secondary N) is 2. The molecule has 7 N–H and O–H groups in total. The van der Waals surface area contributed by atoms with Gasteiger partial charge in [0.05, 0.1) is 0 Å². The highest BCUT2D eigenvalue weighted by Crippen LogP contribution is 2.51. The predicted octanol–water partition coefficient (Wildman–Crippen LogP) is 0.587. The fourth-order valence-corrected chi connectivity index (χ4v) is 6.05. The Morgan fingerprint density at radius 2 is 1.53 bits per heavy atom. The second-order valence-corrected chi connectivity index (χ2v) is 11.0. The summed E-state index contributed by atoms with van der Waals surface area (Å²) in [6.07, 6.45) is 0. The van der Waals surface area contributed by atoms with E-state index in [1.54, 1.807) is 13.8 Å². The number of aromatic hydroxyl groups is 2. The summed E-state index contributed by atoms with van der Waals surface area (Å²) in [4.78, 5) is 52.2. The van der Waals surface area contributed by atoms with Gasteiger partial charge in [-0.3, -0.25) is 14.4 Å². The maximum Gasteiger partial charge on any atom is 0.330 e. The highest BCUT2D eigenvalue weighted by molar-refractivity contribution is 8.01. The van der Waals surface area contributed by atoms with E-state index >= 15 is 0 Å². The summed E-state index contributed by atoms with van der Waals surface area (Å²) < 4.78 is -0.777. The minimum atomic E-state index is -1.38. The van der Waals surface area contributed by atoms with Crippen LogP contribution in [0.2, 0.25) is 0 Å². The van der Waals surface area contributed by atoms with Crippen LogP contribution in [0.4, 0.5) is 0 Å². The van der Waals surface area contributed by atoms with E-state index in [0.29, 0.717) is 5.56 Å². The van der Waals surface area contributed by atoms with Crippen LogP contribution in [-0.4, -0.2) is 66.1 Å². The first-order chi connectivity index (χ1) is 16.9. The molecular formula is C24H26N4O7S. The van der Waals surface area contributed by atoms with Crippen LogP contribution >= 0.6 is 11.8 Å². The Kier molecular flexibility index (Phi) is 6.58. The van der Waals surface area contributed by atoms with E-state index in [4.69, 9.17) is 5.73 Å². The quantitative estimate of drug-likeness (QED) is 0.288.